The number of rotatable bonds is 4. The highest BCUT2D eigenvalue weighted by atomic mass is 79.9. The van der Waals surface area contributed by atoms with E-state index in [0.717, 1.165) is 10.0 Å². The minimum Gasteiger partial charge on any atom is -0.314 e. The van der Waals surface area contributed by atoms with E-state index in [1.165, 1.54) is 24.4 Å². The number of nitro groups is 1. The zero-order valence-electron chi connectivity index (χ0n) is 11.3. The van der Waals surface area contributed by atoms with Gasteiger partial charge in [-0.05, 0) is 23.8 Å². The van der Waals surface area contributed by atoms with E-state index in [9.17, 15) is 14.9 Å². The van der Waals surface area contributed by atoms with Gasteiger partial charge in [-0.15, -0.1) is 0 Å². The van der Waals surface area contributed by atoms with Crippen LogP contribution in [-0.2, 0) is 0 Å². The molecule has 6 nitrogen and oxygen atoms in total. The van der Waals surface area contributed by atoms with Crippen LogP contribution in [0.2, 0.25) is 0 Å². The highest BCUT2D eigenvalue weighted by Crippen LogP contribution is 2.22. The Hall–Kier alpha value is -2.67. The van der Waals surface area contributed by atoms with Gasteiger partial charge in [0.2, 0.25) is 0 Å². The molecule has 0 bridgehead atoms. The molecule has 0 aliphatic carbocycles. The highest BCUT2D eigenvalue weighted by molar-refractivity contribution is 9.10. The third kappa shape index (κ3) is 4.16. The molecule has 0 radical (unpaired) electrons. The second-order valence-electron chi connectivity index (χ2n) is 4.23. The van der Waals surface area contributed by atoms with Crippen LogP contribution in [0.25, 0.3) is 6.08 Å². The molecule has 2 amide bonds. The Morgan fingerprint density at radius 1 is 1.14 bits per heavy atom. The Kier molecular flexibility index (Phi) is 5.26. The average Bonchev–Trinajstić information content (AvgIpc) is 2.49. The van der Waals surface area contributed by atoms with Crippen LogP contribution < -0.4 is 10.6 Å². The Balaban J connectivity index is 2.00. The zero-order valence-corrected chi connectivity index (χ0v) is 12.9. The van der Waals surface area contributed by atoms with Crippen molar-refractivity contribution in [3.8, 4) is 0 Å². The zero-order chi connectivity index (χ0) is 15.9. The van der Waals surface area contributed by atoms with Gasteiger partial charge in [0.1, 0.15) is 5.69 Å². The number of carbonyl (C=O) groups excluding carboxylic acids is 1. The van der Waals surface area contributed by atoms with Gasteiger partial charge in [-0.1, -0.05) is 46.3 Å². The first-order valence-corrected chi connectivity index (χ1v) is 7.09. The first-order valence-electron chi connectivity index (χ1n) is 6.30. The van der Waals surface area contributed by atoms with Crippen LogP contribution in [0.1, 0.15) is 5.56 Å². The van der Waals surface area contributed by atoms with Crippen molar-refractivity contribution < 1.29 is 9.72 Å². The third-order valence-electron chi connectivity index (χ3n) is 2.73. The van der Waals surface area contributed by atoms with Crippen molar-refractivity contribution in [3.63, 3.8) is 0 Å². The largest absolute Gasteiger partial charge is 0.323 e. The van der Waals surface area contributed by atoms with Crippen LogP contribution in [0.15, 0.2) is 59.2 Å². The molecule has 0 aromatic heterocycles. The molecule has 2 aromatic rings. The van der Waals surface area contributed by atoms with E-state index in [1.54, 1.807) is 12.1 Å². The molecular formula is C15H12BrN3O3. The van der Waals surface area contributed by atoms with Crippen LogP contribution in [-0.4, -0.2) is 11.0 Å². The number of carbonyl (C=O) groups is 1. The highest BCUT2D eigenvalue weighted by Gasteiger charge is 2.13. The summed E-state index contributed by atoms with van der Waals surface area (Å²) in [7, 11) is 0. The maximum absolute atomic E-state index is 11.8. The Labute approximate surface area is 135 Å². The van der Waals surface area contributed by atoms with E-state index < -0.39 is 11.0 Å². The second-order valence-corrected chi connectivity index (χ2v) is 5.08. The fourth-order valence-electron chi connectivity index (χ4n) is 1.71. The second kappa shape index (κ2) is 7.37. The topological polar surface area (TPSA) is 84.3 Å². The van der Waals surface area contributed by atoms with Crippen LogP contribution >= 0.6 is 15.9 Å². The first-order chi connectivity index (χ1) is 10.6. The van der Waals surface area contributed by atoms with Crippen molar-refractivity contribution >= 4 is 39.4 Å². The summed E-state index contributed by atoms with van der Waals surface area (Å²) in [5.41, 5.74) is 0.875. The number of para-hydroxylation sites is 2. The summed E-state index contributed by atoms with van der Waals surface area (Å²) >= 11 is 3.39. The number of urea groups is 1. The number of amides is 2. The molecule has 0 aliphatic rings. The van der Waals surface area contributed by atoms with Crippen molar-refractivity contribution in [1.82, 2.24) is 5.32 Å². The van der Waals surface area contributed by atoms with Gasteiger partial charge in [0, 0.05) is 16.7 Å². The molecule has 0 saturated carbocycles. The van der Waals surface area contributed by atoms with E-state index in [4.69, 9.17) is 0 Å². The number of halogens is 1. The smallest absolute Gasteiger partial charge is 0.314 e. The number of nitro benzene ring substituents is 1. The number of anilines is 1. The lowest BCUT2D eigenvalue weighted by Crippen LogP contribution is -2.24. The van der Waals surface area contributed by atoms with Gasteiger partial charge in [-0.3, -0.25) is 10.1 Å². The van der Waals surface area contributed by atoms with Gasteiger partial charge in [-0.2, -0.15) is 0 Å². The van der Waals surface area contributed by atoms with Crippen molar-refractivity contribution in [3.05, 3.63) is 74.9 Å². The van der Waals surface area contributed by atoms with E-state index in [1.807, 2.05) is 24.3 Å². The third-order valence-corrected chi connectivity index (χ3v) is 3.45. The summed E-state index contributed by atoms with van der Waals surface area (Å²) in [4.78, 5) is 22.1. The molecule has 112 valence electrons. The normalized spacial score (nSPS) is 10.4. The Morgan fingerprint density at radius 2 is 1.82 bits per heavy atom. The summed E-state index contributed by atoms with van der Waals surface area (Å²) in [5, 5.41) is 15.8. The standard InChI is InChI=1S/C15H12BrN3O3/c16-12-6-2-1-5-11(12)9-10-17-15(20)18-13-7-3-4-8-14(13)19(21)22/h1-10H,(H2,17,18,20)/b10-9+. The lowest BCUT2D eigenvalue weighted by atomic mass is 10.2. The first kappa shape index (κ1) is 15.7. The summed E-state index contributed by atoms with van der Waals surface area (Å²) in [5.74, 6) is 0. The van der Waals surface area contributed by atoms with Crippen LogP contribution in [0, 0.1) is 10.1 Å². The van der Waals surface area contributed by atoms with E-state index in [0.29, 0.717) is 0 Å². The molecule has 0 heterocycles. The van der Waals surface area contributed by atoms with Crippen LogP contribution in [0.4, 0.5) is 16.2 Å². The minimum absolute atomic E-state index is 0.138. The van der Waals surface area contributed by atoms with Gasteiger partial charge in [0.05, 0.1) is 4.92 Å². The van der Waals surface area contributed by atoms with Gasteiger partial charge in [0.25, 0.3) is 5.69 Å². The predicted molar refractivity (Wildman–Crippen MR) is 88.4 cm³/mol. The quantitative estimate of drug-likeness (QED) is 0.633. The summed E-state index contributed by atoms with van der Waals surface area (Å²) in [6.07, 6.45) is 3.17. The number of benzene rings is 2. The number of nitrogens with one attached hydrogen (secondary N) is 2. The van der Waals surface area contributed by atoms with Crippen LogP contribution in [0.3, 0.4) is 0 Å². The lowest BCUT2D eigenvalue weighted by Gasteiger charge is -2.05. The van der Waals surface area contributed by atoms with Gasteiger partial charge in [0.15, 0.2) is 0 Å². The van der Waals surface area contributed by atoms with Crippen molar-refractivity contribution in [2.45, 2.75) is 0 Å². The molecule has 2 aromatic carbocycles. The maximum Gasteiger partial charge on any atom is 0.323 e. The SMILES string of the molecule is O=C(N/C=C/c1ccccc1Br)Nc1ccccc1[N+](=O)[O-]. The van der Waals surface area contributed by atoms with E-state index in [2.05, 4.69) is 26.6 Å². The monoisotopic (exact) mass is 361 g/mol. The Bertz CT molecular complexity index is 731. The molecule has 0 atom stereocenters. The molecule has 2 rings (SSSR count). The molecule has 7 heteroatoms. The predicted octanol–water partition coefficient (Wildman–Crippen LogP) is 4.15. The summed E-state index contributed by atoms with van der Waals surface area (Å²) < 4.78 is 0.896. The number of hydrogen-bond acceptors (Lipinski definition) is 3. The fraction of sp³-hybridized carbons (Fsp3) is 0. The average molecular weight is 362 g/mol. The lowest BCUT2D eigenvalue weighted by molar-refractivity contribution is -0.383. The van der Waals surface area contributed by atoms with Gasteiger partial charge in [-0.25, -0.2) is 4.79 Å². The molecule has 22 heavy (non-hydrogen) atoms. The molecular weight excluding hydrogens is 350 g/mol. The Morgan fingerprint density at radius 3 is 2.55 bits per heavy atom. The molecule has 0 saturated heterocycles. The molecule has 2 N–H and O–H groups in total. The minimum atomic E-state index is -0.558. The molecule has 0 fully saturated rings. The van der Waals surface area contributed by atoms with Gasteiger partial charge < -0.3 is 10.6 Å². The van der Waals surface area contributed by atoms with Crippen molar-refractivity contribution in [1.29, 1.82) is 0 Å². The van der Waals surface area contributed by atoms with E-state index in [-0.39, 0.29) is 11.4 Å². The van der Waals surface area contributed by atoms with Crippen molar-refractivity contribution in [2.75, 3.05) is 5.32 Å². The summed E-state index contributed by atoms with van der Waals surface area (Å²) in [6, 6.07) is 12.9. The maximum atomic E-state index is 11.8. The molecule has 0 unspecified atom stereocenters. The molecule has 0 aliphatic heterocycles. The van der Waals surface area contributed by atoms with Gasteiger partial charge >= 0.3 is 6.03 Å². The van der Waals surface area contributed by atoms with E-state index >= 15 is 0 Å². The van der Waals surface area contributed by atoms with Crippen LogP contribution in [0.5, 0.6) is 0 Å². The number of hydrogen-bond donors (Lipinski definition) is 2. The molecule has 0 spiro atoms. The number of nitrogens with zero attached hydrogens (tertiary/aromatic N) is 1. The fourth-order valence-corrected chi connectivity index (χ4v) is 2.13. The summed E-state index contributed by atoms with van der Waals surface area (Å²) in [6.45, 7) is 0. The van der Waals surface area contributed by atoms with Crippen molar-refractivity contribution in [2.24, 2.45) is 0 Å².